The largest absolute Gasteiger partial charge is 0.486 e. The van der Waals surface area contributed by atoms with Gasteiger partial charge in [-0.15, -0.1) is 0 Å². The fourth-order valence-electron chi connectivity index (χ4n) is 2.04. The molecule has 1 aromatic rings. The Morgan fingerprint density at radius 3 is 2.69 bits per heavy atom. The van der Waals surface area contributed by atoms with Gasteiger partial charge in [0.05, 0.1) is 0 Å². The lowest BCUT2D eigenvalue weighted by molar-refractivity contribution is -0.137. The van der Waals surface area contributed by atoms with Crippen LogP contribution in [-0.2, 0) is 11.2 Å². The zero-order valence-corrected chi connectivity index (χ0v) is 8.53. The van der Waals surface area contributed by atoms with E-state index >= 15 is 0 Å². The molecule has 0 radical (unpaired) electrons. The monoisotopic (exact) mass is 221 g/mol. The number of hydrogen-bond donors (Lipinski definition) is 2. The Hall–Kier alpha value is -1.91. The maximum atomic E-state index is 10.9. The Kier molecular flexibility index (Phi) is 1.92. The normalized spacial score (nSPS) is 21.1. The van der Waals surface area contributed by atoms with Gasteiger partial charge in [-0.3, -0.25) is 0 Å². The molecule has 84 valence electrons. The number of rotatable bonds is 1. The number of hydrogen-bond acceptors (Lipinski definition) is 4. The van der Waals surface area contributed by atoms with Gasteiger partial charge in [-0.1, -0.05) is 0 Å². The second kappa shape index (κ2) is 3.30. The van der Waals surface area contributed by atoms with E-state index in [1.807, 2.05) is 12.1 Å². The summed E-state index contributed by atoms with van der Waals surface area (Å²) in [6, 6.07) is 3.13. The third kappa shape index (κ3) is 1.36. The van der Waals surface area contributed by atoms with Crippen molar-refractivity contribution in [1.82, 2.24) is 0 Å². The van der Waals surface area contributed by atoms with Gasteiger partial charge in [0.2, 0.25) is 0 Å². The number of ether oxygens (including phenoxy) is 2. The van der Waals surface area contributed by atoms with Crippen LogP contribution >= 0.6 is 0 Å². The molecule has 0 fully saturated rings. The van der Waals surface area contributed by atoms with E-state index in [0.717, 1.165) is 11.3 Å². The zero-order valence-electron chi connectivity index (χ0n) is 8.53. The average Bonchev–Trinajstić information content (AvgIpc) is 2.68. The van der Waals surface area contributed by atoms with E-state index in [2.05, 4.69) is 5.32 Å². The van der Waals surface area contributed by atoms with Gasteiger partial charge < -0.3 is 19.9 Å². The molecule has 0 aromatic heterocycles. The molecule has 5 heteroatoms. The van der Waals surface area contributed by atoms with E-state index in [-0.39, 0.29) is 0 Å². The first-order valence-corrected chi connectivity index (χ1v) is 5.16. The molecule has 1 atom stereocenters. The van der Waals surface area contributed by atoms with Gasteiger partial charge in [-0.2, -0.15) is 0 Å². The van der Waals surface area contributed by atoms with Crippen LogP contribution in [0.4, 0.5) is 5.69 Å². The third-order valence-corrected chi connectivity index (χ3v) is 2.82. The Labute approximate surface area is 92.0 Å². The molecule has 1 unspecified atom stereocenters. The Morgan fingerprint density at radius 1 is 1.31 bits per heavy atom. The van der Waals surface area contributed by atoms with Crippen LogP contribution in [0, 0.1) is 0 Å². The molecule has 5 nitrogen and oxygen atoms in total. The van der Waals surface area contributed by atoms with Crippen molar-refractivity contribution in [3.8, 4) is 11.5 Å². The quantitative estimate of drug-likeness (QED) is 0.736. The summed E-state index contributed by atoms with van der Waals surface area (Å²) in [7, 11) is 0. The molecule has 1 aromatic carbocycles. The average molecular weight is 221 g/mol. The first-order valence-electron chi connectivity index (χ1n) is 5.16. The molecule has 0 aliphatic carbocycles. The van der Waals surface area contributed by atoms with E-state index in [4.69, 9.17) is 14.6 Å². The fraction of sp³-hybridized carbons (Fsp3) is 0.364. The smallest absolute Gasteiger partial charge is 0.326 e. The number of fused-ring (bicyclic) bond motifs is 2. The molecule has 0 amide bonds. The van der Waals surface area contributed by atoms with Crippen LogP contribution in [0.25, 0.3) is 0 Å². The van der Waals surface area contributed by atoms with Crippen molar-refractivity contribution in [2.45, 2.75) is 12.5 Å². The molecule has 2 aliphatic rings. The highest BCUT2D eigenvalue weighted by Gasteiger charge is 2.28. The highest BCUT2D eigenvalue weighted by molar-refractivity contribution is 5.82. The number of benzene rings is 1. The van der Waals surface area contributed by atoms with Crippen molar-refractivity contribution in [2.75, 3.05) is 18.5 Å². The van der Waals surface area contributed by atoms with Gasteiger partial charge in [0.15, 0.2) is 11.5 Å². The molecular formula is C11H11NO4. The van der Waals surface area contributed by atoms with Crippen LogP contribution in [0.2, 0.25) is 0 Å². The number of carboxylic acids is 1. The minimum Gasteiger partial charge on any atom is -0.486 e. The van der Waals surface area contributed by atoms with Crippen molar-refractivity contribution in [1.29, 1.82) is 0 Å². The minimum absolute atomic E-state index is 0.487. The van der Waals surface area contributed by atoms with Gasteiger partial charge in [-0.05, 0) is 11.6 Å². The number of aliphatic carboxylic acids is 1. The Morgan fingerprint density at radius 2 is 2.00 bits per heavy atom. The Bertz CT molecular complexity index is 423. The van der Waals surface area contributed by atoms with E-state index in [9.17, 15) is 4.79 Å². The molecular weight excluding hydrogens is 210 g/mol. The van der Waals surface area contributed by atoms with E-state index < -0.39 is 12.0 Å². The predicted octanol–water partition coefficient (Wildman–Crippen LogP) is 0.879. The lowest BCUT2D eigenvalue weighted by atomic mass is 10.1. The van der Waals surface area contributed by atoms with Crippen molar-refractivity contribution < 1.29 is 19.4 Å². The predicted molar refractivity (Wildman–Crippen MR) is 56.2 cm³/mol. The molecule has 0 bridgehead atoms. The summed E-state index contributed by atoms with van der Waals surface area (Å²) in [5, 5.41) is 11.9. The molecule has 2 N–H and O–H groups in total. The molecule has 2 heterocycles. The highest BCUT2D eigenvalue weighted by Crippen LogP contribution is 2.38. The van der Waals surface area contributed by atoms with Gasteiger partial charge in [0.1, 0.15) is 19.3 Å². The standard InChI is InChI=1S/C11H11NO4/c13-11(14)8-3-6-4-9-10(5-7(6)12-8)16-2-1-15-9/h4-5,8,12H,1-3H2,(H,13,14). The van der Waals surface area contributed by atoms with Crippen molar-refractivity contribution in [3.05, 3.63) is 17.7 Å². The van der Waals surface area contributed by atoms with Crippen molar-refractivity contribution >= 4 is 11.7 Å². The van der Waals surface area contributed by atoms with E-state index in [0.29, 0.717) is 31.1 Å². The molecule has 2 aliphatic heterocycles. The summed E-state index contributed by atoms with van der Waals surface area (Å²) in [5.74, 6) is 0.553. The number of carbonyl (C=O) groups is 1. The van der Waals surface area contributed by atoms with Crippen LogP contribution in [-0.4, -0.2) is 30.3 Å². The summed E-state index contributed by atoms with van der Waals surface area (Å²) in [6.45, 7) is 1.08. The second-order valence-corrected chi connectivity index (χ2v) is 3.89. The summed E-state index contributed by atoms with van der Waals surface area (Å²) in [6.07, 6.45) is 0.487. The van der Waals surface area contributed by atoms with Crippen LogP contribution in [0.5, 0.6) is 11.5 Å². The fourth-order valence-corrected chi connectivity index (χ4v) is 2.04. The summed E-state index contributed by atoms with van der Waals surface area (Å²) >= 11 is 0. The van der Waals surface area contributed by atoms with Crippen molar-refractivity contribution in [2.24, 2.45) is 0 Å². The third-order valence-electron chi connectivity index (χ3n) is 2.82. The van der Waals surface area contributed by atoms with Gasteiger partial charge in [-0.25, -0.2) is 4.79 Å². The first-order chi connectivity index (χ1) is 7.74. The van der Waals surface area contributed by atoms with Crippen molar-refractivity contribution in [3.63, 3.8) is 0 Å². The lowest BCUT2D eigenvalue weighted by Gasteiger charge is -2.19. The molecule has 0 saturated heterocycles. The SMILES string of the molecule is O=C(O)C1Cc2cc3c(cc2N1)OCCO3. The summed E-state index contributed by atoms with van der Waals surface area (Å²) in [4.78, 5) is 10.9. The maximum absolute atomic E-state index is 10.9. The van der Waals surface area contributed by atoms with Gasteiger partial charge in [0, 0.05) is 18.2 Å². The zero-order chi connectivity index (χ0) is 11.1. The molecule has 0 spiro atoms. The first kappa shape index (κ1) is 9.33. The summed E-state index contributed by atoms with van der Waals surface area (Å²) < 4.78 is 10.9. The van der Waals surface area contributed by atoms with E-state index in [1.54, 1.807) is 0 Å². The molecule has 0 saturated carbocycles. The molecule has 3 rings (SSSR count). The molecule has 16 heavy (non-hydrogen) atoms. The van der Waals surface area contributed by atoms with Crippen LogP contribution in [0.15, 0.2) is 12.1 Å². The Balaban J connectivity index is 1.96. The summed E-state index contributed by atoms with van der Waals surface area (Å²) in [5.41, 5.74) is 1.80. The van der Waals surface area contributed by atoms with Crippen LogP contribution < -0.4 is 14.8 Å². The second-order valence-electron chi connectivity index (χ2n) is 3.89. The number of nitrogens with one attached hydrogen (secondary N) is 1. The minimum atomic E-state index is -0.837. The maximum Gasteiger partial charge on any atom is 0.326 e. The lowest BCUT2D eigenvalue weighted by Crippen LogP contribution is -2.26. The highest BCUT2D eigenvalue weighted by atomic mass is 16.6. The van der Waals surface area contributed by atoms with E-state index in [1.165, 1.54) is 0 Å². The van der Waals surface area contributed by atoms with Crippen LogP contribution in [0.1, 0.15) is 5.56 Å². The number of anilines is 1. The number of carboxylic acid groups (broad SMARTS) is 1. The van der Waals surface area contributed by atoms with Crippen LogP contribution in [0.3, 0.4) is 0 Å². The topological polar surface area (TPSA) is 67.8 Å². The van der Waals surface area contributed by atoms with Gasteiger partial charge in [0.25, 0.3) is 0 Å². The van der Waals surface area contributed by atoms with Gasteiger partial charge >= 0.3 is 5.97 Å².